The SMILES string of the molecule is CCC1(CC)C[C@@H](NC(=O)[C@@H](C)N(c2cccc(Cl)c2)S(C)(=O)=O)c2ccccc2O1. The Bertz CT molecular complexity index is 1050. The molecule has 0 bridgehead atoms. The zero-order chi connectivity index (χ0) is 22.8. The number of benzene rings is 2. The molecule has 0 saturated carbocycles. The maximum Gasteiger partial charge on any atom is 0.244 e. The van der Waals surface area contributed by atoms with Crippen molar-refractivity contribution in [2.75, 3.05) is 10.6 Å². The molecule has 2 aromatic rings. The highest BCUT2D eigenvalue weighted by Gasteiger charge is 2.40. The van der Waals surface area contributed by atoms with Crippen LogP contribution in [-0.4, -0.2) is 32.2 Å². The van der Waals surface area contributed by atoms with Crippen LogP contribution in [0.3, 0.4) is 0 Å². The van der Waals surface area contributed by atoms with Gasteiger partial charge in [0.2, 0.25) is 15.9 Å². The number of fused-ring (bicyclic) bond motifs is 1. The largest absolute Gasteiger partial charge is 0.487 e. The van der Waals surface area contributed by atoms with Crippen LogP contribution in [-0.2, 0) is 14.8 Å². The number of sulfonamides is 1. The number of ether oxygens (including phenoxy) is 1. The molecule has 0 aromatic heterocycles. The highest BCUT2D eigenvalue weighted by molar-refractivity contribution is 7.92. The number of anilines is 1. The van der Waals surface area contributed by atoms with Gasteiger partial charge in [-0.3, -0.25) is 9.10 Å². The molecule has 3 rings (SSSR count). The van der Waals surface area contributed by atoms with Crippen LogP contribution in [0.25, 0.3) is 0 Å². The van der Waals surface area contributed by atoms with Gasteiger partial charge in [0.05, 0.1) is 18.0 Å². The van der Waals surface area contributed by atoms with E-state index in [1.165, 1.54) is 6.07 Å². The number of rotatable bonds is 7. The number of nitrogens with one attached hydrogen (secondary N) is 1. The molecule has 8 heteroatoms. The first-order valence-electron chi connectivity index (χ1n) is 10.4. The fourth-order valence-corrected chi connectivity index (χ4v) is 5.50. The zero-order valence-electron chi connectivity index (χ0n) is 18.3. The molecule has 0 radical (unpaired) electrons. The average molecular weight is 465 g/mol. The Morgan fingerprint density at radius 2 is 1.90 bits per heavy atom. The third-order valence-electron chi connectivity index (χ3n) is 5.95. The number of hydrogen-bond acceptors (Lipinski definition) is 4. The summed E-state index contributed by atoms with van der Waals surface area (Å²) in [6.45, 7) is 5.72. The lowest BCUT2D eigenvalue weighted by molar-refractivity contribution is -0.123. The lowest BCUT2D eigenvalue weighted by Crippen LogP contribution is -2.51. The van der Waals surface area contributed by atoms with Gasteiger partial charge in [-0.05, 0) is 44.0 Å². The maximum absolute atomic E-state index is 13.3. The molecule has 1 aliphatic rings. The molecule has 31 heavy (non-hydrogen) atoms. The first-order valence-corrected chi connectivity index (χ1v) is 12.7. The van der Waals surface area contributed by atoms with E-state index in [1.807, 2.05) is 24.3 Å². The van der Waals surface area contributed by atoms with E-state index in [4.69, 9.17) is 16.3 Å². The normalized spacial score (nSPS) is 18.4. The number of amides is 1. The molecule has 6 nitrogen and oxygen atoms in total. The van der Waals surface area contributed by atoms with Gasteiger partial charge in [-0.1, -0.05) is 49.7 Å². The minimum absolute atomic E-state index is 0.277. The van der Waals surface area contributed by atoms with Crippen LogP contribution in [0.5, 0.6) is 5.75 Å². The molecule has 168 valence electrons. The van der Waals surface area contributed by atoms with E-state index in [9.17, 15) is 13.2 Å². The van der Waals surface area contributed by atoms with Gasteiger partial charge in [0, 0.05) is 17.0 Å². The van der Waals surface area contributed by atoms with Gasteiger partial charge in [-0.15, -0.1) is 0 Å². The van der Waals surface area contributed by atoms with Crippen LogP contribution < -0.4 is 14.4 Å². The molecular formula is C23H29ClN2O4S. The second kappa shape index (κ2) is 9.09. The van der Waals surface area contributed by atoms with Gasteiger partial charge in [-0.2, -0.15) is 0 Å². The van der Waals surface area contributed by atoms with Crippen LogP contribution in [0.4, 0.5) is 5.69 Å². The van der Waals surface area contributed by atoms with Crippen molar-refractivity contribution >= 4 is 33.2 Å². The van der Waals surface area contributed by atoms with Crippen molar-refractivity contribution in [2.45, 2.75) is 57.7 Å². The maximum atomic E-state index is 13.3. The van der Waals surface area contributed by atoms with Crippen LogP contribution in [0.15, 0.2) is 48.5 Å². The van der Waals surface area contributed by atoms with Crippen molar-refractivity contribution in [1.82, 2.24) is 5.32 Å². The smallest absolute Gasteiger partial charge is 0.244 e. The highest BCUT2D eigenvalue weighted by Crippen LogP contribution is 2.42. The summed E-state index contributed by atoms with van der Waals surface area (Å²) in [6.07, 6.45) is 3.31. The van der Waals surface area contributed by atoms with Gasteiger partial charge < -0.3 is 10.1 Å². The predicted molar refractivity (Wildman–Crippen MR) is 124 cm³/mol. The topological polar surface area (TPSA) is 75.7 Å². The molecule has 0 spiro atoms. The highest BCUT2D eigenvalue weighted by atomic mass is 35.5. The van der Waals surface area contributed by atoms with E-state index in [-0.39, 0.29) is 17.6 Å². The number of halogens is 1. The Balaban J connectivity index is 1.91. The van der Waals surface area contributed by atoms with E-state index < -0.39 is 16.1 Å². The molecule has 0 saturated heterocycles. The van der Waals surface area contributed by atoms with Crippen LogP contribution >= 0.6 is 11.6 Å². The molecule has 0 unspecified atom stereocenters. The van der Waals surface area contributed by atoms with Gasteiger partial charge >= 0.3 is 0 Å². The summed E-state index contributed by atoms with van der Waals surface area (Å²) in [5.74, 6) is 0.374. The summed E-state index contributed by atoms with van der Waals surface area (Å²) < 4.78 is 32.5. The molecule has 0 fully saturated rings. The van der Waals surface area contributed by atoms with Crippen LogP contribution in [0.2, 0.25) is 5.02 Å². The van der Waals surface area contributed by atoms with E-state index in [0.29, 0.717) is 17.1 Å². The van der Waals surface area contributed by atoms with Crippen LogP contribution in [0.1, 0.15) is 51.6 Å². The van der Waals surface area contributed by atoms with Crippen LogP contribution in [0, 0.1) is 0 Å². The van der Waals surface area contributed by atoms with Crippen molar-refractivity contribution in [2.24, 2.45) is 0 Å². The lowest BCUT2D eigenvalue weighted by Gasteiger charge is -2.42. The molecular weight excluding hydrogens is 436 g/mol. The number of para-hydroxylation sites is 1. The third kappa shape index (κ3) is 4.99. The standard InChI is InChI=1S/C23H29ClN2O4S/c1-5-23(6-2)15-20(19-12-7-8-13-21(19)30-23)25-22(27)16(3)26(31(4,28)29)18-11-9-10-17(24)14-18/h7-14,16,20H,5-6,15H2,1-4H3,(H,25,27)/t16-,20-/m1/s1. The summed E-state index contributed by atoms with van der Waals surface area (Å²) in [6, 6.07) is 12.9. The summed E-state index contributed by atoms with van der Waals surface area (Å²) in [7, 11) is -3.72. The van der Waals surface area contributed by atoms with E-state index >= 15 is 0 Å². The van der Waals surface area contributed by atoms with E-state index in [2.05, 4.69) is 19.2 Å². The summed E-state index contributed by atoms with van der Waals surface area (Å²) in [5, 5.41) is 3.47. The summed E-state index contributed by atoms with van der Waals surface area (Å²) in [4.78, 5) is 13.3. The zero-order valence-corrected chi connectivity index (χ0v) is 19.8. The second-order valence-corrected chi connectivity index (χ2v) is 10.3. The fourth-order valence-electron chi connectivity index (χ4n) is 4.14. The first kappa shape index (κ1) is 23.4. The average Bonchev–Trinajstić information content (AvgIpc) is 2.72. The predicted octanol–water partition coefficient (Wildman–Crippen LogP) is 4.69. The number of nitrogens with zero attached hydrogens (tertiary/aromatic N) is 1. The molecule has 1 amide bonds. The monoisotopic (exact) mass is 464 g/mol. The quantitative estimate of drug-likeness (QED) is 0.644. The first-order chi connectivity index (χ1) is 14.6. The molecule has 0 aliphatic carbocycles. The Labute approximate surface area is 189 Å². The minimum Gasteiger partial charge on any atom is -0.487 e. The Morgan fingerprint density at radius 1 is 1.23 bits per heavy atom. The van der Waals surface area contributed by atoms with Gasteiger partial charge in [-0.25, -0.2) is 8.42 Å². The van der Waals surface area contributed by atoms with Crippen molar-refractivity contribution in [3.63, 3.8) is 0 Å². The molecule has 1 aliphatic heterocycles. The molecule has 2 aromatic carbocycles. The number of carbonyl (C=O) groups excluding carboxylic acids is 1. The Kier molecular flexibility index (Phi) is 6.86. The summed E-state index contributed by atoms with van der Waals surface area (Å²) in [5.41, 5.74) is 0.870. The van der Waals surface area contributed by atoms with Gasteiger partial charge in [0.25, 0.3) is 0 Å². The van der Waals surface area contributed by atoms with Gasteiger partial charge in [0.15, 0.2) is 0 Å². The number of carbonyl (C=O) groups is 1. The van der Waals surface area contributed by atoms with Gasteiger partial charge in [0.1, 0.15) is 17.4 Å². The number of hydrogen-bond donors (Lipinski definition) is 1. The van der Waals surface area contributed by atoms with Crippen molar-refractivity contribution in [3.05, 3.63) is 59.1 Å². The molecule has 1 N–H and O–H groups in total. The molecule has 1 heterocycles. The van der Waals surface area contributed by atoms with Crippen molar-refractivity contribution in [1.29, 1.82) is 0 Å². The van der Waals surface area contributed by atoms with Crippen molar-refractivity contribution < 1.29 is 17.9 Å². The van der Waals surface area contributed by atoms with E-state index in [1.54, 1.807) is 25.1 Å². The Morgan fingerprint density at radius 3 is 2.52 bits per heavy atom. The van der Waals surface area contributed by atoms with Crippen molar-refractivity contribution in [3.8, 4) is 5.75 Å². The molecule has 2 atom stereocenters. The Hall–Kier alpha value is -2.25. The van der Waals surface area contributed by atoms with E-state index in [0.717, 1.165) is 34.7 Å². The third-order valence-corrected chi connectivity index (χ3v) is 7.43. The summed E-state index contributed by atoms with van der Waals surface area (Å²) >= 11 is 6.06. The fraction of sp³-hybridized carbons (Fsp3) is 0.435. The minimum atomic E-state index is -3.72. The second-order valence-electron chi connectivity index (χ2n) is 8.01. The lowest BCUT2D eigenvalue weighted by atomic mass is 9.83.